The van der Waals surface area contributed by atoms with Crippen LogP contribution in [0.5, 0.6) is 5.75 Å². The van der Waals surface area contributed by atoms with Gasteiger partial charge in [-0.2, -0.15) is 0 Å². The second-order valence-electron chi connectivity index (χ2n) is 6.10. The number of fused-ring (bicyclic) bond motifs is 1. The Kier molecular flexibility index (Phi) is 6.00. The molecule has 0 amide bonds. The molecule has 0 unspecified atom stereocenters. The summed E-state index contributed by atoms with van der Waals surface area (Å²) in [6.45, 7) is 2.87. The zero-order valence-electron chi connectivity index (χ0n) is 14.7. The molecule has 132 valence electrons. The van der Waals surface area contributed by atoms with Crippen molar-refractivity contribution in [3.05, 3.63) is 59.2 Å². The predicted octanol–water partition coefficient (Wildman–Crippen LogP) is 3.52. The lowest BCUT2D eigenvalue weighted by Crippen LogP contribution is -2.24. The van der Waals surface area contributed by atoms with Gasteiger partial charge in [-0.05, 0) is 34.9 Å². The van der Waals surface area contributed by atoms with Gasteiger partial charge in [-0.3, -0.25) is 9.69 Å². The summed E-state index contributed by atoms with van der Waals surface area (Å²) in [5.41, 5.74) is 3.56. The van der Waals surface area contributed by atoms with Crippen molar-refractivity contribution in [1.82, 2.24) is 4.90 Å². The maximum Gasteiger partial charge on any atom is 0.309 e. The molecule has 0 aliphatic carbocycles. The largest absolute Gasteiger partial charge is 0.497 e. The number of esters is 1. The van der Waals surface area contributed by atoms with Crippen LogP contribution in [-0.4, -0.2) is 37.4 Å². The number of hydrogen-bond acceptors (Lipinski definition) is 5. The molecule has 25 heavy (non-hydrogen) atoms. The molecule has 0 N–H and O–H groups in total. The van der Waals surface area contributed by atoms with Gasteiger partial charge < -0.3 is 9.47 Å². The van der Waals surface area contributed by atoms with Crippen LogP contribution < -0.4 is 4.74 Å². The minimum atomic E-state index is -0.206. The molecule has 0 radical (unpaired) electrons. The Balaban J connectivity index is 1.67. The standard InChI is InChI=1S/C20H23NO3S/c1-23-18-7-8-19-17(12-18)14-21(9-10-25-19)13-16-5-3-15(4-6-16)11-20(22)24-2/h3-8,12H,9-11,13-14H2,1-2H3. The number of nitrogens with zero attached hydrogens (tertiary/aromatic N) is 1. The minimum absolute atomic E-state index is 0.206. The molecule has 0 fully saturated rings. The first-order chi connectivity index (χ1) is 12.2. The first-order valence-electron chi connectivity index (χ1n) is 8.34. The molecule has 3 rings (SSSR count). The lowest BCUT2D eigenvalue weighted by atomic mass is 10.1. The monoisotopic (exact) mass is 357 g/mol. The number of benzene rings is 2. The number of carbonyl (C=O) groups is 1. The number of ether oxygens (including phenoxy) is 2. The van der Waals surface area contributed by atoms with Crippen LogP contribution in [0, 0.1) is 0 Å². The summed E-state index contributed by atoms with van der Waals surface area (Å²) < 4.78 is 10.1. The molecule has 0 atom stereocenters. The Labute approximate surface area is 153 Å². The van der Waals surface area contributed by atoms with Gasteiger partial charge in [-0.1, -0.05) is 24.3 Å². The zero-order valence-corrected chi connectivity index (χ0v) is 15.5. The fourth-order valence-corrected chi connectivity index (χ4v) is 3.99. The molecule has 1 aliphatic heterocycles. The Morgan fingerprint density at radius 2 is 1.88 bits per heavy atom. The van der Waals surface area contributed by atoms with Crippen LogP contribution in [0.25, 0.3) is 0 Å². The Morgan fingerprint density at radius 1 is 1.12 bits per heavy atom. The third-order valence-corrected chi connectivity index (χ3v) is 5.43. The Hall–Kier alpha value is -1.98. The molecule has 2 aromatic carbocycles. The highest BCUT2D eigenvalue weighted by molar-refractivity contribution is 7.99. The van der Waals surface area contributed by atoms with Crippen molar-refractivity contribution >= 4 is 17.7 Å². The molecular formula is C20H23NO3S. The molecule has 0 aromatic heterocycles. The van der Waals surface area contributed by atoms with Crippen LogP contribution in [0.2, 0.25) is 0 Å². The summed E-state index contributed by atoms with van der Waals surface area (Å²) in [6, 6.07) is 14.5. The van der Waals surface area contributed by atoms with Gasteiger partial charge in [-0.25, -0.2) is 0 Å². The van der Waals surface area contributed by atoms with Gasteiger partial charge in [0, 0.05) is 30.3 Å². The van der Waals surface area contributed by atoms with Crippen molar-refractivity contribution in [2.45, 2.75) is 24.4 Å². The van der Waals surface area contributed by atoms with Gasteiger partial charge in [0.25, 0.3) is 0 Å². The van der Waals surface area contributed by atoms with E-state index in [4.69, 9.17) is 9.47 Å². The highest BCUT2D eigenvalue weighted by Crippen LogP contribution is 2.30. The van der Waals surface area contributed by atoms with Crippen LogP contribution in [0.3, 0.4) is 0 Å². The van der Waals surface area contributed by atoms with Crippen molar-refractivity contribution in [2.75, 3.05) is 26.5 Å². The molecule has 0 bridgehead atoms. The van der Waals surface area contributed by atoms with E-state index < -0.39 is 0 Å². The maximum atomic E-state index is 11.3. The summed E-state index contributed by atoms with van der Waals surface area (Å²) in [4.78, 5) is 15.1. The molecule has 4 nitrogen and oxygen atoms in total. The zero-order chi connectivity index (χ0) is 17.6. The number of carbonyl (C=O) groups excluding carboxylic acids is 1. The summed E-state index contributed by atoms with van der Waals surface area (Å²) >= 11 is 1.91. The Bertz CT molecular complexity index is 730. The van der Waals surface area contributed by atoms with Crippen LogP contribution >= 0.6 is 11.8 Å². The summed E-state index contributed by atoms with van der Waals surface area (Å²) in [6.07, 6.45) is 0.324. The van der Waals surface area contributed by atoms with E-state index in [0.29, 0.717) is 6.42 Å². The quantitative estimate of drug-likeness (QED) is 0.766. The van der Waals surface area contributed by atoms with E-state index in [-0.39, 0.29) is 5.97 Å². The topological polar surface area (TPSA) is 38.8 Å². The molecule has 0 saturated heterocycles. The highest BCUT2D eigenvalue weighted by Gasteiger charge is 2.16. The third kappa shape index (κ3) is 4.77. The van der Waals surface area contributed by atoms with E-state index >= 15 is 0 Å². The van der Waals surface area contributed by atoms with Gasteiger partial charge in [0.05, 0.1) is 20.6 Å². The minimum Gasteiger partial charge on any atom is -0.497 e. The van der Waals surface area contributed by atoms with Crippen LogP contribution in [0.4, 0.5) is 0 Å². The van der Waals surface area contributed by atoms with Crippen molar-refractivity contribution < 1.29 is 14.3 Å². The fraction of sp³-hybridized carbons (Fsp3) is 0.350. The summed E-state index contributed by atoms with van der Waals surface area (Å²) in [5, 5.41) is 0. The molecule has 1 heterocycles. The van der Waals surface area contributed by atoms with Gasteiger partial charge >= 0.3 is 5.97 Å². The fourth-order valence-electron chi connectivity index (χ4n) is 2.95. The van der Waals surface area contributed by atoms with Gasteiger partial charge in [0.15, 0.2) is 0 Å². The molecule has 2 aromatic rings. The normalized spacial score (nSPS) is 14.5. The molecule has 5 heteroatoms. The highest BCUT2D eigenvalue weighted by atomic mass is 32.2. The first-order valence-corrected chi connectivity index (χ1v) is 9.33. The van der Waals surface area contributed by atoms with Crippen molar-refractivity contribution in [3.8, 4) is 5.75 Å². The third-order valence-electron chi connectivity index (χ3n) is 4.33. The van der Waals surface area contributed by atoms with E-state index in [1.54, 1.807) is 7.11 Å². The second-order valence-corrected chi connectivity index (χ2v) is 7.24. The van der Waals surface area contributed by atoms with E-state index in [1.807, 2.05) is 30.0 Å². The number of methoxy groups -OCH3 is 2. The van der Waals surface area contributed by atoms with Crippen LogP contribution in [-0.2, 0) is 29.0 Å². The van der Waals surface area contributed by atoms with E-state index in [0.717, 1.165) is 36.7 Å². The summed E-state index contributed by atoms with van der Waals surface area (Å²) in [7, 11) is 3.13. The lowest BCUT2D eigenvalue weighted by molar-refractivity contribution is -0.139. The van der Waals surface area contributed by atoms with E-state index in [9.17, 15) is 4.79 Å². The molecule has 0 spiro atoms. The van der Waals surface area contributed by atoms with E-state index in [1.165, 1.54) is 23.1 Å². The molecule has 1 aliphatic rings. The smallest absolute Gasteiger partial charge is 0.309 e. The van der Waals surface area contributed by atoms with Crippen molar-refractivity contribution in [3.63, 3.8) is 0 Å². The van der Waals surface area contributed by atoms with Gasteiger partial charge in [-0.15, -0.1) is 11.8 Å². The van der Waals surface area contributed by atoms with Crippen LogP contribution in [0.1, 0.15) is 16.7 Å². The van der Waals surface area contributed by atoms with Crippen LogP contribution in [0.15, 0.2) is 47.4 Å². The number of rotatable bonds is 5. The summed E-state index contributed by atoms with van der Waals surface area (Å²) in [5.74, 6) is 1.79. The van der Waals surface area contributed by atoms with E-state index in [2.05, 4.69) is 29.2 Å². The first kappa shape index (κ1) is 17.8. The molecule has 0 saturated carbocycles. The van der Waals surface area contributed by atoms with Gasteiger partial charge in [0.2, 0.25) is 0 Å². The SMILES string of the molecule is COC(=O)Cc1ccc(CN2CCSc3ccc(OC)cc3C2)cc1. The maximum absolute atomic E-state index is 11.3. The average molecular weight is 357 g/mol. The van der Waals surface area contributed by atoms with Crippen molar-refractivity contribution in [2.24, 2.45) is 0 Å². The lowest BCUT2D eigenvalue weighted by Gasteiger charge is -2.20. The average Bonchev–Trinajstić information content (AvgIpc) is 2.84. The van der Waals surface area contributed by atoms with Gasteiger partial charge in [0.1, 0.15) is 5.75 Å². The number of thioether (sulfide) groups is 1. The second kappa shape index (κ2) is 8.41. The Morgan fingerprint density at radius 3 is 2.60 bits per heavy atom. The van der Waals surface area contributed by atoms with Crippen molar-refractivity contribution in [1.29, 1.82) is 0 Å². The predicted molar refractivity (Wildman–Crippen MR) is 100.0 cm³/mol. The molecular weight excluding hydrogens is 334 g/mol. The number of hydrogen-bond donors (Lipinski definition) is 0.